The average Bonchev–Trinajstić information content (AvgIpc) is 2.51. The van der Waals surface area contributed by atoms with E-state index in [-0.39, 0.29) is 4.90 Å². The molecule has 0 atom stereocenters. The minimum absolute atomic E-state index is 0.201. The van der Waals surface area contributed by atoms with Gasteiger partial charge in [0.25, 0.3) is 0 Å². The zero-order valence-corrected chi connectivity index (χ0v) is 14.4. The van der Waals surface area contributed by atoms with Gasteiger partial charge in [0.1, 0.15) is 16.5 Å². The second kappa shape index (κ2) is 7.46. The van der Waals surface area contributed by atoms with Crippen LogP contribution in [0.5, 0.6) is 5.75 Å². The highest BCUT2D eigenvalue weighted by molar-refractivity contribution is 7.90. The highest BCUT2D eigenvalue weighted by Gasteiger charge is 2.13. The van der Waals surface area contributed by atoms with Gasteiger partial charge in [0.2, 0.25) is 0 Å². The molecule has 0 amide bonds. The van der Waals surface area contributed by atoms with Crippen molar-refractivity contribution in [2.45, 2.75) is 25.3 Å². The van der Waals surface area contributed by atoms with Crippen molar-refractivity contribution in [3.8, 4) is 5.75 Å². The Morgan fingerprint density at radius 3 is 2.70 bits per heavy atom. The largest absolute Gasteiger partial charge is 0.493 e. The molecule has 0 aliphatic rings. The molecule has 0 unspecified atom stereocenters. The van der Waals surface area contributed by atoms with Gasteiger partial charge in [-0.15, -0.1) is 0 Å². The number of anilines is 1. The molecule has 23 heavy (non-hydrogen) atoms. The Kier molecular flexibility index (Phi) is 5.60. The van der Waals surface area contributed by atoms with Crippen LogP contribution < -0.4 is 10.1 Å². The van der Waals surface area contributed by atoms with Crippen LogP contribution in [0.1, 0.15) is 19.4 Å². The Hall–Kier alpha value is -2.08. The summed E-state index contributed by atoms with van der Waals surface area (Å²) >= 11 is 0. The van der Waals surface area contributed by atoms with Gasteiger partial charge in [-0.3, -0.25) is 0 Å². The van der Waals surface area contributed by atoms with Crippen LogP contribution in [0.15, 0.2) is 47.5 Å². The van der Waals surface area contributed by atoms with Crippen LogP contribution in [0.4, 0.5) is 5.82 Å². The maximum atomic E-state index is 11.8. The maximum Gasteiger partial charge on any atom is 0.179 e. The molecule has 2 aromatic rings. The SMILES string of the molecule is CC(C)COc1cccc(CNc2ncccc2S(C)(=O)=O)c1. The zero-order chi connectivity index (χ0) is 16.9. The zero-order valence-electron chi connectivity index (χ0n) is 13.6. The van der Waals surface area contributed by atoms with Crippen molar-refractivity contribution in [2.24, 2.45) is 5.92 Å². The van der Waals surface area contributed by atoms with Crippen molar-refractivity contribution in [1.82, 2.24) is 4.98 Å². The van der Waals surface area contributed by atoms with E-state index >= 15 is 0 Å². The minimum atomic E-state index is -3.31. The molecule has 0 saturated heterocycles. The minimum Gasteiger partial charge on any atom is -0.493 e. The van der Waals surface area contributed by atoms with Gasteiger partial charge < -0.3 is 10.1 Å². The lowest BCUT2D eigenvalue weighted by Gasteiger charge is -2.12. The molecule has 1 aromatic carbocycles. The summed E-state index contributed by atoms with van der Waals surface area (Å²) in [4.78, 5) is 4.32. The van der Waals surface area contributed by atoms with Crippen LogP contribution in [0.3, 0.4) is 0 Å². The number of benzene rings is 1. The van der Waals surface area contributed by atoms with E-state index < -0.39 is 9.84 Å². The summed E-state index contributed by atoms with van der Waals surface area (Å²) in [7, 11) is -3.31. The number of rotatable bonds is 7. The molecule has 0 aliphatic heterocycles. The molecule has 6 heteroatoms. The summed E-state index contributed by atoms with van der Waals surface area (Å²) in [5.41, 5.74) is 0.997. The highest BCUT2D eigenvalue weighted by atomic mass is 32.2. The fraction of sp³-hybridized carbons (Fsp3) is 0.353. The van der Waals surface area contributed by atoms with Crippen LogP contribution in [0.25, 0.3) is 0 Å². The van der Waals surface area contributed by atoms with E-state index in [1.807, 2.05) is 24.3 Å². The summed E-state index contributed by atoms with van der Waals surface area (Å²) in [6.45, 7) is 5.33. The van der Waals surface area contributed by atoms with E-state index in [1.54, 1.807) is 18.3 Å². The Bertz CT molecular complexity index is 758. The molecule has 0 aliphatic carbocycles. The highest BCUT2D eigenvalue weighted by Crippen LogP contribution is 2.20. The molecule has 124 valence electrons. The molecule has 1 heterocycles. The fourth-order valence-corrected chi connectivity index (χ4v) is 2.82. The first-order valence-electron chi connectivity index (χ1n) is 7.47. The molecule has 0 radical (unpaired) electrons. The smallest absolute Gasteiger partial charge is 0.179 e. The Morgan fingerprint density at radius 2 is 2.00 bits per heavy atom. The molecular formula is C17H22N2O3S. The van der Waals surface area contributed by atoms with Crippen LogP contribution in [-0.2, 0) is 16.4 Å². The van der Waals surface area contributed by atoms with Crippen molar-refractivity contribution in [3.63, 3.8) is 0 Å². The van der Waals surface area contributed by atoms with E-state index in [0.29, 0.717) is 24.9 Å². The topological polar surface area (TPSA) is 68.3 Å². The van der Waals surface area contributed by atoms with Crippen LogP contribution in [-0.4, -0.2) is 26.3 Å². The predicted octanol–water partition coefficient (Wildman–Crippen LogP) is 3.13. The lowest BCUT2D eigenvalue weighted by Crippen LogP contribution is -2.08. The van der Waals surface area contributed by atoms with Gasteiger partial charge in [0, 0.05) is 19.0 Å². The molecule has 0 saturated carbocycles. The number of ether oxygens (including phenoxy) is 1. The number of aromatic nitrogens is 1. The molecule has 2 rings (SSSR count). The van der Waals surface area contributed by atoms with Crippen LogP contribution in [0.2, 0.25) is 0 Å². The number of pyridine rings is 1. The molecule has 5 nitrogen and oxygen atoms in total. The van der Waals surface area contributed by atoms with E-state index in [0.717, 1.165) is 11.3 Å². The molecule has 0 bridgehead atoms. The normalized spacial score (nSPS) is 11.5. The number of hydrogen-bond acceptors (Lipinski definition) is 5. The number of nitrogens with one attached hydrogen (secondary N) is 1. The summed E-state index contributed by atoms with van der Waals surface area (Å²) < 4.78 is 29.2. The van der Waals surface area contributed by atoms with Gasteiger partial charge in [-0.25, -0.2) is 13.4 Å². The summed E-state index contributed by atoms with van der Waals surface area (Å²) in [6, 6.07) is 10.9. The first-order valence-corrected chi connectivity index (χ1v) is 9.36. The third-order valence-electron chi connectivity index (χ3n) is 3.11. The van der Waals surface area contributed by atoms with Gasteiger partial charge in [-0.05, 0) is 35.7 Å². The number of nitrogens with zero attached hydrogens (tertiary/aromatic N) is 1. The lowest BCUT2D eigenvalue weighted by atomic mass is 10.2. The maximum absolute atomic E-state index is 11.8. The van der Waals surface area contributed by atoms with Crippen molar-refractivity contribution >= 4 is 15.7 Å². The third-order valence-corrected chi connectivity index (χ3v) is 4.24. The fourth-order valence-electron chi connectivity index (χ4n) is 2.02. The monoisotopic (exact) mass is 334 g/mol. The molecule has 1 N–H and O–H groups in total. The quantitative estimate of drug-likeness (QED) is 0.842. The Morgan fingerprint density at radius 1 is 1.22 bits per heavy atom. The van der Waals surface area contributed by atoms with Crippen LogP contribution in [0, 0.1) is 5.92 Å². The summed E-state index contributed by atoms with van der Waals surface area (Å²) in [5, 5.41) is 3.08. The van der Waals surface area contributed by atoms with Gasteiger partial charge in [0.15, 0.2) is 9.84 Å². The second-order valence-electron chi connectivity index (χ2n) is 5.83. The van der Waals surface area contributed by atoms with Gasteiger partial charge in [0.05, 0.1) is 6.61 Å². The van der Waals surface area contributed by atoms with Gasteiger partial charge >= 0.3 is 0 Å². The van der Waals surface area contributed by atoms with Crippen molar-refractivity contribution in [2.75, 3.05) is 18.2 Å². The van der Waals surface area contributed by atoms with E-state index in [4.69, 9.17) is 4.74 Å². The van der Waals surface area contributed by atoms with Gasteiger partial charge in [-0.1, -0.05) is 26.0 Å². The van der Waals surface area contributed by atoms with Crippen LogP contribution >= 0.6 is 0 Å². The first kappa shape index (κ1) is 17.3. The van der Waals surface area contributed by atoms with E-state index in [1.165, 1.54) is 6.26 Å². The molecule has 1 aromatic heterocycles. The van der Waals surface area contributed by atoms with Crippen molar-refractivity contribution in [3.05, 3.63) is 48.2 Å². The van der Waals surface area contributed by atoms with E-state index in [9.17, 15) is 8.42 Å². The molecule has 0 spiro atoms. The average molecular weight is 334 g/mol. The third kappa shape index (κ3) is 5.25. The Balaban J connectivity index is 2.09. The Labute approximate surface area is 137 Å². The predicted molar refractivity (Wildman–Crippen MR) is 91.4 cm³/mol. The van der Waals surface area contributed by atoms with Crippen molar-refractivity contribution in [1.29, 1.82) is 0 Å². The van der Waals surface area contributed by atoms with Crippen molar-refractivity contribution < 1.29 is 13.2 Å². The lowest BCUT2D eigenvalue weighted by molar-refractivity contribution is 0.271. The summed E-state index contributed by atoms with van der Waals surface area (Å²) in [5.74, 6) is 1.63. The number of hydrogen-bond donors (Lipinski definition) is 1. The molecular weight excluding hydrogens is 312 g/mol. The standard InChI is InChI=1S/C17H22N2O3S/c1-13(2)12-22-15-7-4-6-14(10-15)11-19-17-16(23(3,20)21)8-5-9-18-17/h4-10,13H,11-12H2,1-3H3,(H,18,19). The van der Waals surface area contributed by atoms with E-state index in [2.05, 4.69) is 24.1 Å². The number of sulfone groups is 1. The summed E-state index contributed by atoms with van der Waals surface area (Å²) in [6.07, 6.45) is 2.74. The second-order valence-corrected chi connectivity index (χ2v) is 7.81. The first-order chi connectivity index (χ1) is 10.9. The molecule has 0 fully saturated rings. The van der Waals surface area contributed by atoms with Gasteiger partial charge in [-0.2, -0.15) is 0 Å².